The van der Waals surface area contributed by atoms with Crippen molar-refractivity contribution in [3.8, 4) is 0 Å². The Morgan fingerprint density at radius 3 is 2.40 bits per heavy atom. The lowest BCUT2D eigenvalue weighted by atomic mass is 10.0. The monoisotopic (exact) mass is 228 g/mol. The Morgan fingerprint density at radius 1 is 1.47 bits per heavy atom. The van der Waals surface area contributed by atoms with E-state index >= 15 is 0 Å². The summed E-state index contributed by atoms with van der Waals surface area (Å²) in [5, 5.41) is 10.4. The second-order valence-electron chi connectivity index (χ2n) is 2.98. The normalized spacial score (nSPS) is 11.3. The molecule has 0 saturated carbocycles. The highest BCUT2D eigenvalue weighted by Crippen LogP contribution is 2.18. The van der Waals surface area contributed by atoms with Gasteiger partial charge < -0.3 is 5.73 Å². The second kappa shape index (κ2) is 6.16. The molecular weight excluding hydrogens is 216 g/mol. The molecule has 82 valence electrons. The molecule has 0 fully saturated rings. The van der Waals surface area contributed by atoms with Crippen LogP contribution in [0.25, 0.3) is 0 Å². The van der Waals surface area contributed by atoms with Crippen molar-refractivity contribution in [3.63, 3.8) is 0 Å². The van der Waals surface area contributed by atoms with Gasteiger partial charge in [-0.2, -0.15) is 0 Å². The molecule has 0 aliphatic heterocycles. The number of nitrogens with two attached hydrogens (primary N) is 1. The molecule has 0 aromatic heterocycles. The summed E-state index contributed by atoms with van der Waals surface area (Å²) in [6.45, 7) is 3.58. The summed E-state index contributed by atoms with van der Waals surface area (Å²) in [7, 11) is 0. The number of hydrogen-bond acceptors (Lipinski definition) is 3. The molecule has 0 radical (unpaired) electrons. The van der Waals surface area contributed by atoms with Crippen LogP contribution in [-0.4, -0.2) is 4.92 Å². The van der Waals surface area contributed by atoms with E-state index in [9.17, 15) is 10.1 Å². The topological polar surface area (TPSA) is 69.2 Å². The van der Waals surface area contributed by atoms with Gasteiger partial charge in [-0.1, -0.05) is 18.2 Å². The number of hydrogen-bond donors (Lipinski definition) is 1. The average molecular weight is 229 g/mol. The first-order valence-corrected chi connectivity index (χ1v) is 4.26. The van der Waals surface area contributed by atoms with E-state index in [2.05, 4.69) is 6.58 Å². The maximum Gasteiger partial charge on any atom is 0.269 e. The van der Waals surface area contributed by atoms with E-state index in [-0.39, 0.29) is 24.1 Å². The lowest BCUT2D eigenvalue weighted by molar-refractivity contribution is -0.384. The molecule has 1 rings (SSSR count). The fourth-order valence-electron chi connectivity index (χ4n) is 1.16. The van der Waals surface area contributed by atoms with Crippen LogP contribution in [0.1, 0.15) is 18.0 Å². The SMILES string of the molecule is C=CC[C@H](N)c1ccc([N+](=O)[O-])cc1.Cl. The lowest BCUT2D eigenvalue weighted by Crippen LogP contribution is -2.08. The van der Waals surface area contributed by atoms with Crippen molar-refractivity contribution in [3.05, 3.63) is 52.6 Å². The molecule has 0 saturated heterocycles. The van der Waals surface area contributed by atoms with Crippen molar-refractivity contribution >= 4 is 18.1 Å². The van der Waals surface area contributed by atoms with Crippen LogP contribution in [0.5, 0.6) is 0 Å². The van der Waals surface area contributed by atoms with Crippen LogP contribution in [-0.2, 0) is 0 Å². The smallest absolute Gasteiger partial charge is 0.269 e. The first-order chi connectivity index (χ1) is 6.65. The van der Waals surface area contributed by atoms with Crippen molar-refractivity contribution < 1.29 is 4.92 Å². The molecule has 0 aliphatic rings. The second-order valence-corrected chi connectivity index (χ2v) is 2.98. The predicted octanol–water partition coefficient (Wildman–Crippen LogP) is 2.59. The van der Waals surface area contributed by atoms with Gasteiger partial charge in [0.25, 0.3) is 5.69 Å². The number of non-ortho nitro benzene ring substituents is 1. The summed E-state index contributed by atoms with van der Waals surface area (Å²) in [4.78, 5) is 9.94. The third-order valence-corrected chi connectivity index (χ3v) is 1.95. The van der Waals surface area contributed by atoms with E-state index in [1.54, 1.807) is 18.2 Å². The maximum atomic E-state index is 10.4. The number of nitrogens with zero attached hydrogens (tertiary/aromatic N) is 1. The van der Waals surface area contributed by atoms with Gasteiger partial charge in [0.15, 0.2) is 0 Å². The van der Waals surface area contributed by atoms with E-state index in [4.69, 9.17) is 5.73 Å². The summed E-state index contributed by atoms with van der Waals surface area (Å²) < 4.78 is 0. The fourth-order valence-corrected chi connectivity index (χ4v) is 1.16. The number of halogens is 1. The molecule has 0 unspecified atom stereocenters. The summed E-state index contributed by atoms with van der Waals surface area (Å²) in [6.07, 6.45) is 2.39. The zero-order valence-corrected chi connectivity index (χ0v) is 8.94. The molecule has 15 heavy (non-hydrogen) atoms. The van der Waals surface area contributed by atoms with Gasteiger partial charge in [-0.05, 0) is 12.0 Å². The number of nitro groups is 1. The molecule has 2 N–H and O–H groups in total. The van der Waals surface area contributed by atoms with E-state index in [0.29, 0.717) is 6.42 Å². The van der Waals surface area contributed by atoms with Crippen molar-refractivity contribution in [2.24, 2.45) is 5.73 Å². The summed E-state index contributed by atoms with van der Waals surface area (Å²) in [5.41, 5.74) is 6.76. The minimum atomic E-state index is -0.428. The molecule has 0 bridgehead atoms. The Bertz CT molecular complexity index is 338. The Balaban J connectivity index is 0.00000196. The minimum absolute atomic E-state index is 0. The third kappa shape index (κ3) is 3.69. The van der Waals surface area contributed by atoms with Gasteiger partial charge in [0, 0.05) is 18.2 Å². The van der Waals surface area contributed by atoms with Gasteiger partial charge in [-0.25, -0.2) is 0 Å². The van der Waals surface area contributed by atoms with Gasteiger partial charge in [0.2, 0.25) is 0 Å². The Morgan fingerprint density at radius 2 is 2.00 bits per heavy atom. The van der Waals surface area contributed by atoms with Gasteiger partial charge in [-0.3, -0.25) is 10.1 Å². The predicted molar refractivity (Wildman–Crippen MR) is 62.1 cm³/mol. The van der Waals surface area contributed by atoms with Crippen LogP contribution in [0, 0.1) is 10.1 Å². The van der Waals surface area contributed by atoms with Crippen LogP contribution in [0.2, 0.25) is 0 Å². The van der Waals surface area contributed by atoms with Crippen molar-refractivity contribution in [1.29, 1.82) is 0 Å². The van der Waals surface area contributed by atoms with Gasteiger partial charge in [-0.15, -0.1) is 19.0 Å². The lowest BCUT2D eigenvalue weighted by Gasteiger charge is -2.08. The van der Waals surface area contributed by atoms with E-state index in [1.807, 2.05) is 0 Å². The number of benzene rings is 1. The molecule has 4 nitrogen and oxygen atoms in total. The van der Waals surface area contributed by atoms with E-state index < -0.39 is 4.92 Å². The molecule has 1 aromatic rings. The molecular formula is C10H13ClN2O2. The van der Waals surface area contributed by atoms with Gasteiger partial charge in [0.1, 0.15) is 0 Å². The largest absolute Gasteiger partial charge is 0.324 e. The Labute approximate surface area is 94.3 Å². The highest BCUT2D eigenvalue weighted by Gasteiger charge is 2.07. The van der Waals surface area contributed by atoms with Crippen LogP contribution < -0.4 is 5.73 Å². The first-order valence-electron chi connectivity index (χ1n) is 4.26. The molecule has 5 heteroatoms. The molecule has 0 aliphatic carbocycles. The van der Waals surface area contributed by atoms with E-state index in [1.165, 1.54) is 12.1 Å². The van der Waals surface area contributed by atoms with Gasteiger partial charge >= 0.3 is 0 Å². The Kier molecular flexibility index (Phi) is 5.59. The van der Waals surface area contributed by atoms with Crippen LogP contribution in [0.3, 0.4) is 0 Å². The van der Waals surface area contributed by atoms with Gasteiger partial charge in [0.05, 0.1) is 4.92 Å². The summed E-state index contributed by atoms with van der Waals surface area (Å²) >= 11 is 0. The summed E-state index contributed by atoms with van der Waals surface area (Å²) in [5.74, 6) is 0. The Hall–Kier alpha value is -1.39. The average Bonchev–Trinajstić information content (AvgIpc) is 2.18. The highest BCUT2D eigenvalue weighted by molar-refractivity contribution is 5.85. The quantitative estimate of drug-likeness (QED) is 0.489. The molecule has 0 heterocycles. The van der Waals surface area contributed by atoms with Crippen molar-refractivity contribution in [2.45, 2.75) is 12.5 Å². The van der Waals surface area contributed by atoms with Crippen molar-refractivity contribution in [2.75, 3.05) is 0 Å². The third-order valence-electron chi connectivity index (χ3n) is 1.95. The van der Waals surface area contributed by atoms with Crippen molar-refractivity contribution in [1.82, 2.24) is 0 Å². The highest BCUT2D eigenvalue weighted by atomic mass is 35.5. The summed E-state index contributed by atoms with van der Waals surface area (Å²) in [6, 6.07) is 6.13. The standard InChI is InChI=1S/C10H12N2O2.ClH/c1-2-3-10(11)8-4-6-9(7-5-8)12(13)14;/h2,4-7,10H,1,3,11H2;1H/t10-;/m0./s1. The minimum Gasteiger partial charge on any atom is -0.324 e. The maximum absolute atomic E-state index is 10.4. The molecule has 1 atom stereocenters. The molecule has 1 aromatic carbocycles. The molecule has 0 spiro atoms. The molecule has 0 amide bonds. The van der Waals surface area contributed by atoms with Crippen LogP contribution in [0.4, 0.5) is 5.69 Å². The van der Waals surface area contributed by atoms with Crippen LogP contribution in [0.15, 0.2) is 36.9 Å². The number of nitro benzene ring substituents is 1. The number of rotatable bonds is 4. The van der Waals surface area contributed by atoms with Crippen LogP contribution >= 0.6 is 12.4 Å². The van der Waals surface area contributed by atoms with E-state index in [0.717, 1.165) is 5.56 Å². The fraction of sp³-hybridized carbons (Fsp3) is 0.200. The zero-order valence-electron chi connectivity index (χ0n) is 8.13. The zero-order chi connectivity index (χ0) is 10.6. The first kappa shape index (κ1) is 13.6.